The summed E-state index contributed by atoms with van der Waals surface area (Å²) in [6, 6.07) is 5.76. The van der Waals surface area contributed by atoms with Crippen LogP contribution in [0, 0.1) is 0 Å². The van der Waals surface area contributed by atoms with Gasteiger partial charge in [0.25, 0.3) is 5.91 Å². The zero-order chi connectivity index (χ0) is 15.9. The molecule has 3 N–H and O–H groups in total. The number of amides is 1. The molecule has 1 aromatic carbocycles. The minimum absolute atomic E-state index is 0.0938. The lowest BCUT2D eigenvalue weighted by molar-refractivity contribution is -0.137. The Morgan fingerprint density at radius 3 is 2.73 bits per heavy atom. The van der Waals surface area contributed by atoms with Crippen molar-refractivity contribution in [3.05, 3.63) is 34.4 Å². The Kier molecular flexibility index (Phi) is 6.00. The van der Waals surface area contributed by atoms with Gasteiger partial charge in [-0.3, -0.25) is 9.59 Å². The number of aromatic nitrogens is 1. The van der Waals surface area contributed by atoms with Gasteiger partial charge in [0.05, 0.1) is 5.56 Å². The van der Waals surface area contributed by atoms with Crippen LogP contribution in [-0.4, -0.2) is 28.5 Å². The maximum Gasteiger partial charge on any atom is 0.303 e. The van der Waals surface area contributed by atoms with Crippen LogP contribution in [-0.2, 0) is 4.79 Å². The Hall–Kier alpha value is -1.82. The second kappa shape index (κ2) is 7.98. The first-order valence-corrected chi connectivity index (χ1v) is 8.14. The Morgan fingerprint density at radius 1 is 1.18 bits per heavy atom. The van der Waals surface area contributed by atoms with Gasteiger partial charge in [-0.25, -0.2) is 0 Å². The number of aliphatic carboxylic acids is 1. The lowest BCUT2D eigenvalue weighted by Gasteiger charge is -2.05. The fourth-order valence-corrected chi connectivity index (χ4v) is 2.95. The van der Waals surface area contributed by atoms with E-state index >= 15 is 0 Å². The number of carbonyl (C=O) groups excluding carboxylic acids is 1. The Balaban J connectivity index is 1.79. The monoisotopic (exact) mass is 366 g/mol. The van der Waals surface area contributed by atoms with Crippen molar-refractivity contribution in [1.29, 1.82) is 0 Å². The predicted octanol–water partition coefficient (Wildman–Crippen LogP) is 3.70. The second-order valence-electron chi connectivity index (χ2n) is 5.18. The van der Waals surface area contributed by atoms with E-state index in [2.05, 4.69) is 26.2 Å². The van der Waals surface area contributed by atoms with Gasteiger partial charge in [-0.1, -0.05) is 34.8 Å². The molecular weight excluding hydrogens is 348 g/mol. The van der Waals surface area contributed by atoms with Gasteiger partial charge in [0.2, 0.25) is 0 Å². The fourth-order valence-electron chi connectivity index (χ4n) is 2.37. The number of benzene rings is 1. The molecule has 1 amide bonds. The SMILES string of the molecule is O=C(O)CCCCCCNC(=O)c1c[nH]c2cccc(Br)c12. The molecule has 0 bridgehead atoms. The van der Waals surface area contributed by atoms with Gasteiger partial charge in [-0.2, -0.15) is 0 Å². The Bertz CT molecular complexity index is 666. The smallest absolute Gasteiger partial charge is 0.303 e. The van der Waals surface area contributed by atoms with Crippen LogP contribution in [0.1, 0.15) is 42.5 Å². The lowest BCUT2D eigenvalue weighted by Crippen LogP contribution is -2.24. The number of nitrogens with one attached hydrogen (secondary N) is 2. The lowest BCUT2D eigenvalue weighted by atomic mass is 10.1. The highest BCUT2D eigenvalue weighted by atomic mass is 79.9. The summed E-state index contributed by atoms with van der Waals surface area (Å²) in [7, 11) is 0. The number of hydrogen-bond acceptors (Lipinski definition) is 2. The van der Waals surface area contributed by atoms with Crippen molar-refractivity contribution in [2.24, 2.45) is 0 Å². The number of carboxylic acid groups (broad SMARTS) is 1. The molecule has 0 atom stereocenters. The minimum Gasteiger partial charge on any atom is -0.481 e. The quantitative estimate of drug-likeness (QED) is 0.623. The zero-order valence-electron chi connectivity index (χ0n) is 12.2. The average Bonchev–Trinajstić information content (AvgIpc) is 2.91. The molecule has 2 rings (SSSR count). The third kappa shape index (κ3) is 4.34. The van der Waals surface area contributed by atoms with Crippen molar-refractivity contribution in [1.82, 2.24) is 10.3 Å². The van der Waals surface area contributed by atoms with E-state index in [4.69, 9.17) is 5.11 Å². The van der Waals surface area contributed by atoms with Crippen molar-refractivity contribution >= 4 is 38.7 Å². The highest BCUT2D eigenvalue weighted by Gasteiger charge is 2.13. The van der Waals surface area contributed by atoms with Crippen LogP contribution in [0.2, 0.25) is 0 Å². The van der Waals surface area contributed by atoms with Crippen LogP contribution in [0.15, 0.2) is 28.9 Å². The molecule has 0 aliphatic carbocycles. The van der Waals surface area contributed by atoms with Crippen molar-refractivity contribution in [3.8, 4) is 0 Å². The number of rotatable bonds is 8. The molecular formula is C16H19BrN2O3. The number of hydrogen-bond donors (Lipinski definition) is 3. The minimum atomic E-state index is -0.752. The van der Waals surface area contributed by atoms with Crippen molar-refractivity contribution in [3.63, 3.8) is 0 Å². The van der Waals surface area contributed by atoms with Crippen LogP contribution in [0.25, 0.3) is 10.9 Å². The molecule has 1 aromatic heterocycles. The summed E-state index contributed by atoms with van der Waals surface area (Å²) < 4.78 is 0.894. The molecule has 0 aliphatic rings. The van der Waals surface area contributed by atoms with E-state index < -0.39 is 5.97 Å². The zero-order valence-corrected chi connectivity index (χ0v) is 13.8. The van der Waals surface area contributed by atoms with E-state index in [-0.39, 0.29) is 12.3 Å². The number of aromatic amines is 1. The summed E-state index contributed by atoms with van der Waals surface area (Å²) in [4.78, 5) is 25.7. The van der Waals surface area contributed by atoms with Crippen LogP contribution >= 0.6 is 15.9 Å². The summed E-state index contributed by atoms with van der Waals surface area (Å²) in [5.74, 6) is -0.845. The number of carbonyl (C=O) groups is 2. The molecule has 0 fully saturated rings. The maximum absolute atomic E-state index is 12.2. The third-order valence-electron chi connectivity index (χ3n) is 3.50. The Labute approximate surface area is 137 Å². The summed E-state index contributed by atoms with van der Waals surface area (Å²) in [6.07, 6.45) is 5.28. The van der Waals surface area contributed by atoms with E-state index in [9.17, 15) is 9.59 Å². The van der Waals surface area contributed by atoms with E-state index in [0.29, 0.717) is 18.5 Å². The molecule has 0 radical (unpaired) electrons. The van der Waals surface area contributed by atoms with Gasteiger partial charge in [-0.15, -0.1) is 0 Å². The van der Waals surface area contributed by atoms with E-state index in [1.54, 1.807) is 6.20 Å². The van der Waals surface area contributed by atoms with Gasteiger partial charge >= 0.3 is 5.97 Å². The van der Waals surface area contributed by atoms with Crippen LogP contribution in [0.4, 0.5) is 0 Å². The highest BCUT2D eigenvalue weighted by Crippen LogP contribution is 2.26. The normalized spacial score (nSPS) is 10.8. The first-order valence-electron chi connectivity index (χ1n) is 7.35. The molecule has 0 saturated heterocycles. The van der Waals surface area contributed by atoms with E-state index in [1.807, 2.05) is 18.2 Å². The van der Waals surface area contributed by atoms with Gasteiger partial charge in [0, 0.05) is 34.5 Å². The largest absolute Gasteiger partial charge is 0.481 e. The first-order chi connectivity index (χ1) is 10.6. The molecule has 0 spiro atoms. The maximum atomic E-state index is 12.2. The van der Waals surface area contributed by atoms with Crippen LogP contribution in [0.3, 0.4) is 0 Å². The van der Waals surface area contributed by atoms with Crippen molar-refractivity contribution in [2.45, 2.75) is 32.1 Å². The van der Waals surface area contributed by atoms with Crippen LogP contribution < -0.4 is 5.32 Å². The molecule has 2 aromatic rings. The fraction of sp³-hybridized carbons (Fsp3) is 0.375. The number of carboxylic acids is 1. The molecule has 0 saturated carbocycles. The van der Waals surface area contributed by atoms with Crippen molar-refractivity contribution < 1.29 is 14.7 Å². The molecule has 118 valence electrons. The molecule has 1 heterocycles. The third-order valence-corrected chi connectivity index (χ3v) is 4.16. The van der Waals surface area contributed by atoms with E-state index in [0.717, 1.165) is 34.6 Å². The van der Waals surface area contributed by atoms with Gasteiger partial charge in [-0.05, 0) is 25.0 Å². The molecule has 0 aliphatic heterocycles. The summed E-state index contributed by atoms with van der Waals surface area (Å²) in [6.45, 7) is 0.600. The molecule has 5 nitrogen and oxygen atoms in total. The summed E-state index contributed by atoms with van der Waals surface area (Å²) in [5, 5.41) is 12.3. The molecule has 22 heavy (non-hydrogen) atoms. The first kappa shape index (κ1) is 16.5. The standard InChI is InChI=1S/C16H19BrN2O3/c17-12-6-5-7-13-15(12)11(10-19-13)16(22)18-9-4-2-1-3-8-14(20)21/h5-7,10,19H,1-4,8-9H2,(H,18,22)(H,20,21). The van der Waals surface area contributed by atoms with E-state index in [1.165, 1.54) is 0 Å². The molecule has 6 heteroatoms. The van der Waals surface area contributed by atoms with Gasteiger partial charge in [0.1, 0.15) is 0 Å². The summed E-state index contributed by atoms with van der Waals surface area (Å²) >= 11 is 3.47. The second-order valence-corrected chi connectivity index (χ2v) is 6.03. The number of H-pyrrole nitrogens is 1. The van der Waals surface area contributed by atoms with Gasteiger partial charge < -0.3 is 15.4 Å². The number of fused-ring (bicyclic) bond motifs is 1. The number of unbranched alkanes of at least 4 members (excludes halogenated alkanes) is 3. The molecule has 0 unspecified atom stereocenters. The topological polar surface area (TPSA) is 82.2 Å². The number of halogens is 1. The Morgan fingerprint density at radius 2 is 1.95 bits per heavy atom. The van der Waals surface area contributed by atoms with Crippen molar-refractivity contribution in [2.75, 3.05) is 6.54 Å². The highest BCUT2D eigenvalue weighted by molar-refractivity contribution is 9.10. The van der Waals surface area contributed by atoms with Crippen LogP contribution in [0.5, 0.6) is 0 Å². The van der Waals surface area contributed by atoms with Gasteiger partial charge in [0.15, 0.2) is 0 Å². The summed E-state index contributed by atoms with van der Waals surface area (Å²) in [5.41, 5.74) is 1.56. The predicted molar refractivity (Wildman–Crippen MR) is 89.1 cm³/mol. The average molecular weight is 367 g/mol.